The molecule has 0 bridgehead atoms. The predicted octanol–water partition coefficient (Wildman–Crippen LogP) is 2.59. The highest BCUT2D eigenvalue weighted by Crippen LogP contribution is 2.25. The molecule has 3 aromatic rings. The largest absolute Gasteiger partial charge is 0.349 e. The minimum atomic E-state index is -3.79. The van der Waals surface area contributed by atoms with Crippen molar-refractivity contribution in [1.29, 1.82) is 0 Å². The highest BCUT2D eigenvalue weighted by atomic mass is 32.2. The summed E-state index contributed by atoms with van der Waals surface area (Å²) >= 11 is 0. The molecular weight excluding hydrogens is 428 g/mol. The predicted molar refractivity (Wildman–Crippen MR) is 125 cm³/mol. The first kappa shape index (κ1) is 23.2. The third-order valence-electron chi connectivity index (χ3n) is 4.67. The first-order valence-corrected chi connectivity index (χ1v) is 11.4. The number of hydrogen-bond donors (Lipinski definition) is 2. The first-order valence-electron chi connectivity index (χ1n) is 10.0. The molecule has 8 nitrogen and oxygen atoms in total. The highest BCUT2D eigenvalue weighted by Gasteiger charge is 2.22. The number of hydrogen-bond acceptors (Lipinski definition) is 4. The van der Waals surface area contributed by atoms with E-state index in [1.54, 1.807) is 54.6 Å². The normalized spacial score (nSPS) is 12.4. The molecule has 1 heterocycles. The summed E-state index contributed by atoms with van der Waals surface area (Å²) in [6.45, 7) is 3.62. The van der Waals surface area contributed by atoms with Gasteiger partial charge in [-0.2, -0.15) is 12.7 Å². The Morgan fingerprint density at radius 3 is 2.25 bits per heavy atom. The molecule has 0 aliphatic carbocycles. The number of nitrogens with one attached hydrogen (secondary N) is 2. The molecule has 168 valence electrons. The van der Waals surface area contributed by atoms with Crippen molar-refractivity contribution >= 4 is 39.0 Å². The Balaban J connectivity index is 2.13. The van der Waals surface area contributed by atoms with Crippen molar-refractivity contribution in [1.82, 2.24) is 18.9 Å². The van der Waals surface area contributed by atoms with Crippen molar-refractivity contribution in [2.75, 3.05) is 14.1 Å². The van der Waals surface area contributed by atoms with Crippen molar-refractivity contribution in [3.63, 3.8) is 0 Å². The van der Waals surface area contributed by atoms with E-state index in [4.69, 9.17) is 0 Å². The molecule has 2 aromatic carbocycles. The maximum absolute atomic E-state index is 12.8. The molecule has 1 aromatic heterocycles. The molecule has 0 atom stereocenters. The molecule has 0 unspecified atom stereocenters. The summed E-state index contributed by atoms with van der Waals surface area (Å²) in [4.78, 5) is 25.6. The van der Waals surface area contributed by atoms with Gasteiger partial charge < -0.3 is 10.6 Å². The van der Waals surface area contributed by atoms with Crippen LogP contribution >= 0.6 is 0 Å². The van der Waals surface area contributed by atoms with Gasteiger partial charge in [0.15, 0.2) is 0 Å². The second-order valence-corrected chi connectivity index (χ2v) is 9.71. The average Bonchev–Trinajstić information content (AvgIpc) is 3.12. The van der Waals surface area contributed by atoms with Crippen LogP contribution in [0.4, 0.5) is 0 Å². The number of aromatic nitrogens is 1. The van der Waals surface area contributed by atoms with Crippen molar-refractivity contribution in [3.05, 3.63) is 77.6 Å². The number of carbonyl (C=O) groups is 2. The van der Waals surface area contributed by atoms with E-state index in [1.165, 1.54) is 26.4 Å². The Hall–Kier alpha value is -3.43. The smallest absolute Gasteiger partial charge is 0.307 e. The third kappa shape index (κ3) is 4.90. The minimum Gasteiger partial charge on any atom is -0.349 e. The first-order chi connectivity index (χ1) is 15.1. The van der Waals surface area contributed by atoms with Crippen LogP contribution in [-0.2, 0) is 15.0 Å². The van der Waals surface area contributed by atoms with Gasteiger partial charge in [-0.3, -0.25) is 9.59 Å². The molecule has 9 heteroatoms. The van der Waals surface area contributed by atoms with E-state index < -0.39 is 22.0 Å². The summed E-state index contributed by atoms with van der Waals surface area (Å²) < 4.78 is 27.9. The zero-order valence-electron chi connectivity index (χ0n) is 18.4. The van der Waals surface area contributed by atoms with E-state index in [0.717, 1.165) is 8.28 Å². The summed E-state index contributed by atoms with van der Waals surface area (Å²) in [7, 11) is -0.900. The van der Waals surface area contributed by atoms with Crippen LogP contribution in [0.2, 0.25) is 0 Å². The van der Waals surface area contributed by atoms with Gasteiger partial charge in [0.1, 0.15) is 5.70 Å². The van der Waals surface area contributed by atoms with E-state index in [9.17, 15) is 18.0 Å². The molecule has 0 radical (unpaired) electrons. The fourth-order valence-corrected chi connectivity index (χ4v) is 4.10. The molecule has 0 saturated heterocycles. The van der Waals surface area contributed by atoms with Gasteiger partial charge in [0.05, 0.1) is 5.52 Å². The van der Waals surface area contributed by atoms with E-state index in [0.29, 0.717) is 22.0 Å². The minimum absolute atomic E-state index is 0.0118. The van der Waals surface area contributed by atoms with Crippen LogP contribution in [0, 0.1) is 0 Å². The number of nitrogens with zero attached hydrogens (tertiary/aromatic N) is 2. The zero-order valence-corrected chi connectivity index (χ0v) is 19.2. The molecule has 0 saturated carbocycles. The second-order valence-electron chi connectivity index (χ2n) is 7.69. The van der Waals surface area contributed by atoms with Gasteiger partial charge in [-0.15, -0.1) is 0 Å². The lowest BCUT2D eigenvalue weighted by Gasteiger charge is -2.13. The SMILES string of the molecule is CC(C)NC(=O)C(=Cc1cn(S(=O)(=O)N(C)C)c2ccccc12)NC(=O)c1ccccc1. The van der Waals surface area contributed by atoms with Crippen LogP contribution in [-0.4, -0.2) is 48.6 Å². The van der Waals surface area contributed by atoms with Crippen molar-refractivity contribution in [2.24, 2.45) is 0 Å². The molecule has 32 heavy (non-hydrogen) atoms. The van der Waals surface area contributed by atoms with Crippen LogP contribution < -0.4 is 10.6 Å². The van der Waals surface area contributed by atoms with Gasteiger partial charge in [-0.05, 0) is 38.1 Å². The standard InChI is InChI=1S/C23H26N4O4S/c1-16(2)24-23(29)20(25-22(28)17-10-6-5-7-11-17)14-18-15-27(32(30,31)26(3)4)21-13-9-8-12-19(18)21/h5-16H,1-4H3,(H,24,29)(H,25,28). The van der Waals surface area contributed by atoms with Crippen LogP contribution in [0.3, 0.4) is 0 Å². The number of carbonyl (C=O) groups excluding carboxylic acids is 2. The van der Waals surface area contributed by atoms with E-state index in [-0.39, 0.29) is 11.7 Å². The fraction of sp³-hybridized carbons (Fsp3) is 0.217. The average molecular weight is 455 g/mol. The van der Waals surface area contributed by atoms with Crippen LogP contribution in [0.25, 0.3) is 17.0 Å². The van der Waals surface area contributed by atoms with Gasteiger partial charge in [0, 0.05) is 42.8 Å². The second kappa shape index (κ2) is 9.37. The number of rotatable bonds is 7. The molecule has 0 aliphatic heterocycles. The molecule has 2 amide bonds. The number of benzene rings is 2. The van der Waals surface area contributed by atoms with E-state index in [2.05, 4.69) is 10.6 Å². The third-order valence-corrected chi connectivity index (χ3v) is 6.39. The Bertz CT molecular complexity index is 1280. The molecule has 0 spiro atoms. The summed E-state index contributed by atoms with van der Waals surface area (Å²) in [5, 5.41) is 6.06. The molecule has 0 fully saturated rings. The summed E-state index contributed by atoms with van der Waals surface area (Å²) in [5.41, 5.74) is 1.35. The van der Waals surface area contributed by atoms with Crippen molar-refractivity contribution in [2.45, 2.75) is 19.9 Å². The summed E-state index contributed by atoms with van der Waals surface area (Å²) in [6, 6.07) is 15.3. The van der Waals surface area contributed by atoms with Gasteiger partial charge >= 0.3 is 10.2 Å². The summed E-state index contributed by atoms with van der Waals surface area (Å²) in [5.74, 6) is -0.919. The van der Waals surface area contributed by atoms with Crippen molar-refractivity contribution in [3.8, 4) is 0 Å². The maximum Gasteiger partial charge on any atom is 0.307 e. The number of amides is 2. The lowest BCUT2D eigenvalue weighted by atomic mass is 10.1. The van der Waals surface area contributed by atoms with Gasteiger partial charge in [-0.25, -0.2) is 3.97 Å². The maximum atomic E-state index is 12.8. The fourth-order valence-electron chi connectivity index (χ4n) is 3.10. The van der Waals surface area contributed by atoms with Gasteiger partial charge in [0.2, 0.25) is 0 Å². The Kier molecular flexibility index (Phi) is 6.81. The topological polar surface area (TPSA) is 101 Å². The van der Waals surface area contributed by atoms with Crippen molar-refractivity contribution < 1.29 is 18.0 Å². The molecule has 3 rings (SSSR count). The molecule has 0 aliphatic rings. The molecular formula is C23H26N4O4S. The van der Waals surface area contributed by atoms with Gasteiger partial charge in [-0.1, -0.05) is 36.4 Å². The molecule has 2 N–H and O–H groups in total. The van der Waals surface area contributed by atoms with E-state index >= 15 is 0 Å². The lowest BCUT2D eigenvalue weighted by molar-refractivity contribution is -0.118. The van der Waals surface area contributed by atoms with E-state index in [1.807, 2.05) is 13.8 Å². The van der Waals surface area contributed by atoms with Crippen LogP contribution in [0.15, 0.2) is 66.5 Å². The van der Waals surface area contributed by atoms with Crippen LogP contribution in [0.1, 0.15) is 29.8 Å². The Morgan fingerprint density at radius 1 is 1.00 bits per heavy atom. The number of para-hydroxylation sites is 1. The lowest BCUT2D eigenvalue weighted by Crippen LogP contribution is -2.38. The Morgan fingerprint density at radius 2 is 1.62 bits per heavy atom. The quantitative estimate of drug-likeness (QED) is 0.536. The highest BCUT2D eigenvalue weighted by molar-refractivity contribution is 7.87. The number of fused-ring (bicyclic) bond motifs is 1. The monoisotopic (exact) mass is 454 g/mol. The Labute approximate surface area is 187 Å². The summed E-state index contributed by atoms with van der Waals surface area (Å²) in [6.07, 6.45) is 2.93. The zero-order chi connectivity index (χ0) is 23.5. The van der Waals surface area contributed by atoms with Crippen LogP contribution in [0.5, 0.6) is 0 Å². The van der Waals surface area contributed by atoms with Gasteiger partial charge in [0.25, 0.3) is 11.8 Å².